The van der Waals surface area contributed by atoms with E-state index in [1.54, 1.807) is 6.07 Å². The maximum atomic E-state index is 6.08. The molecule has 0 aliphatic heterocycles. The maximum absolute atomic E-state index is 6.08. The predicted molar refractivity (Wildman–Crippen MR) is 88.6 cm³/mol. The summed E-state index contributed by atoms with van der Waals surface area (Å²) in [6, 6.07) is 19.6. The van der Waals surface area contributed by atoms with Crippen molar-refractivity contribution in [2.24, 2.45) is 0 Å². The molecule has 0 fully saturated rings. The van der Waals surface area contributed by atoms with Crippen LogP contribution in [0.15, 0.2) is 65.1 Å². The molecule has 0 radical (unpaired) electrons. The molecule has 2 N–H and O–H groups in total. The summed E-state index contributed by atoms with van der Waals surface area (Å²) in [4.78, 5) is 0. The van der Waals surface area contributed by atoms with Crippen LogP contribution in [-0.2, 0) is 0 Å². The molecule has 0 bridgehead atoms. The molecule has 4 rings (SSSR count). The van der Waals surface area contributed by atoms with Gasteiger partial charge in [0.25, 0.3) is 0 Å². The number of fused-ring (bicyclic) bond motifs is 3. The zero-order valence-electron chi connectivity index (χ0n) is 11.1. The number of hydrogen-bond acceptors (Lipinski definition) is 2. The molecule has 3 heteroatoms. The van der Waals surface area contributed by atoms with Crippen molar-refractivity contribution in [2.45, 2.75) is 0 Å². The van der Waals surface area contributed by atoms with Gasteiger partial charge in [0.1, 0.15) is 11.2 Å². The van der Waals surface area contributed by atoms with Crippen LogP contribution >= 0.6 is 11.6 Å². The van der Waals surface area contributed by atoms with Crippen molar-refractivity contribution in [1.82, 2.24) is 0 Å². The lowest BCUT2D eigenvalue weighted by molar-refractivity contribution is 0.669. The minimum absolute atomic E-state index is 0.677. The van der Waals surface area contributed by atoms with Crippen LogP contribution in [0.5, 0.6) is 0 Å². The lowest BCUT2D eigenvalue weighted by Crippen LogP contribution is -1.89. The summed E-state index contributed by atoms with van der Waals surface area (Å²) in [6.07, 6.45) is 0. The molecule has 0 atom stereocenters. The Labute approximate surface area is 126 Å². The summed E-state index contributed by atoms with van der Waals surface area (Å²) in [5.74, 6) is 0. The van der Waals surface area contributed by atoms with Gasteiger partial charge in [-0.05, 0) is 42.0 Å². The van der Waals surface area contributed by atoms with E-state index in [1.165, 1.54) is 0 Å². The fourth-order valence-electron chi connectivity index (χ4n) is 2.67. The van der Waals surface area contributed by atoms with Crippen LogP contribution in [0.4, 0.5) is 5.69 Å². The minimum Gasteiger partial charge on any atom is -0.456 e. The smallest absolute Gasteiger partial charge is 0.135 e. The maximum Gasteiger partial charge on any atom is 0.135 e. The Bertz CT molecular complexity index is 971. The van der Waals surface area contributed by atoms with E-state index in [9.17, 15) is 0 Å². The van der Waals surface area contributed by atoms with Crippen LogP contribution in [0.25, 0.3) is 33.1 Å². The molecule has 0 aliphatic rings. The summed E-state index contributed by atoms with van der Waals surface area (Å²) >= 11 is 6.08. The summed E-state index contributed by atoms with van der Waals surface area (Å²) in [5.41, 5.74) is 10.5. The van der Waals surface area contributed by atoms with Gasteiger partial charge in [-0.25, -0.2) is 0 Å². The monoisotopic (exact) mass is 293 g/mol. The molecule has 1 aromatic heterocycles. The quantitative estimate of drug-likeness (QED) is 0.471. The highest BCUT2D eigenvalue weighted by molar-refractivity contribution is 6.31. The largest absolute Gasteiger partial charge is 0.456 e. The van der Waals surface area contributed by atoms with E-state index in [0.717, 1.165) is 33.1 Å². The third kappa shape index (κ3) is 1.96. The Hall–Kier alpha value is -2.45. The van der Waals surface area contributed by atoms with Gasteiger partial charge in [0, 0.05) is 27.0 Å². The van der Waals surface area contributed by atoms with Crippen LogP contribution < -0.4 is 5.73 Å². The lowest BCUT2D eigenvalue weighted by atomic mass is 10.0. The zero-order valence-corrected chi connectivity index (χ0v) is 11.9. The Morgan fingerprint density at radius 3 is 2.52 bits per heavy atom. The van der Waals surface area contributed by atoms with Gasteiger partial charge in [-0.2, -0.15) is 0 Å². The van der Waals surface area contributed by atoms with Crippen LogP contribution in [0.3, 0.4) is 0 Å². The van der Waals surface area contributed by atoms with E-state index in [2.05, 4.69) is 12.1 Å². The average molecular weight is 294 g/mol. The van der Waals surface area contributed by atoms with Gasteiger partial charge < -0.3 is 10.2 Å². The summed E-state index contributed by atoms with van der Waals surface area (Å²) in [7, 11) is 0. The zero-order chi connectivity index (χ0) is 14.4. The third-order valence-corrected chi connectivity index (χ3v) is 3.94. The number of benzene rings is 3. The molecule has 21 heavy (non-hydrogen) atoms. The number of anilines is 1. The number of hydrogen-bond donors (Lipinski definition) is 1. The van der Waals surface area contributed by atoms with Gasteiger partial charge >= 0.3 is 0 Å². The second-order valence-corrected chi connectivity index (χ2v) is 5.48. The fourth-order valence-corrected chi connectivity index (χ4v) is 2.84. The van der Waals surface area contributed by atoms with Crippen molar-refractivity contribution in [1.29, 1.82) is 0 Å². The molecule has 3 aromatic carbocycles. The fraction of sp³-hybridized carbons (Fsp3) is 0. The summed E-state index contributed by atoms with van der Waals surface area (Å²) in [5, 5.41) is 2.87. The Kier molecular flexibility index (Phi) is 2.66. The first kappa shape index (κ1) is 12.3. The number of rotatable bonds is 1. The molecule has 0 saturated carbocycles. The highest BCUT2D eigenvalue weighted by Crippen LogP contribution is 2.34. The lowest BCUT2D eigenvalue weighted by Gasteiger charge is -2.06. The molecule has 0 unspecified atom stereocenters. The molecule has 102 valence electrons. The first-order valence-corrected chi connectivity index (χ1v) is 7.07. The number of furan rings is 1. The van der Waals surface area contributed by atoms with Gasteiger partial charge in [-0.1, -0.05) is 35.9 Å². The van der Waals surface area contributed by atoms with Gasteiger partial charge in [0.2, 0.25) is 0 Å². The number of para-hydroxylation sites is 1. The van der Waals surface area contributed by atoms with E-state index in [1.807, 2.05) is 42.5 Å². The van der Waals surface area contributed by atoms with Crippen molar-refractivity contribution in [3.8, 4) is 11.1 Å². The molecule has 0 amide bonds. The van der Waals surface area contributed by atoms with Crippen LogP contribution in [0, 0.1) is 0 Å². The summed E-state index contributed by atoms with van der Waals surface area (Å²) < 4.78 is 5.84. The SMILES string of the molecule is Nc1ccc(Cl)cc1-c1ccc2oc3ccccc3c2c1. The second kappa shape index (κ2) is 4.54. The number of nitrogen functional groups attached to an aromatic ring is 1. The molecule has 0 aliphatic carbocycles. The van der Waals surface area contributed by atoms with Crippen molar-refractivity contribution < 1.29 is 4.42 Å². The van der Waals surface area contributed by atoms with Crippen molar-refractivity contribution in [3.05, 3.63) is 65.7 Å². The second-order valence-electron chi connectivity index (χ2n) is 5.04. The van der Waals surface area contributed by atoms with E-state index in [4.69, 9.17) is 21.8 Å². The van der Waals surface area contributed by atoms with Crippen molar-refractivity contribution >= 4 is 39.2 Å². The highest BCUT2D eigenvalue weighted by atomic mass is 35.5. The molecule has 4 aromatic rings. The Morgan fingerprint density at radius 1 is 0.810 bits per heavy atom. The molecule has 1 heterocycles. The van der Waals surface area contributed by atoms with E-state index in [0.29, 0.717) is 10.7 Å². The van der Waals surface area contributed by atoms with Gasteiger partial charge in [0.15, 0.2) is 0 Å². The molecule has 0 saturated heterocycles. The van der Waals surface area contributed by atoms with E-state index >= 15 is 0 Å². The average Bonchev–Trinajstić information content (AvgIpc) is 2.87. The summed E-state index contributed by atoms with van der Waals surface area (Å²) in [6.45, 7) is 0. The van der Waals surface area contributed by atoms with Crippen LogP contribution in [-0.4, -0.2) is 0 Å². The first-order valence-electron chi connectivity index (χ1n) is 6.69. The molecular formula is C18H12ClNO. The first-order chi connectivity index (χ1) is 10.2. The normalized spacial score (nSPS) is 11.3. The minimum atomic E-state index is 0.677. The van der Waals surface area contributed by atoms with Crippen LogP contribution in [0.1, 0.15) is 0 Å². The topological polar surface area (TPSA) is 39.2 Å². The third-order valence-electron chi connectivity index (χ3n) is 3.70. The van der Waals surface area contributed by atoms with Gasteiger partial charge in [0.05, 0.1) is 0 Å². The predicted octanol–water partition coefficient (Wildman–Crippen LogP) is 5.49. The highest BCUT2D eigenvalue weighted by Gasteiger charge is 2.09. The van der Waals surface area contributed by atoms with Gasteiger partial charge in [-0.3, -0.25) is 0 Å². The number of halogens is 1. The standard InChI is InChI=1S/C18H12ClNO/c19-12-6-7-16(20)14(10-12)11-5-8-18-15(9-11)13-3-1-2-4-17(13)21-18/h1-10H,20H2. The van der Waals surface area contributed by atoms with Crippen molar-refractivity contribution in [2.75, 3.05) is 5.73 Å². The van der Waals surface area contributed by atoms with Crippen molar-refractivity contribution in [3.63, 3.8) is 0 Å². The van der Waals surface area contributed by atoms with Gasteiger partial charge in [-0.15, -0.1) is 0 Å². The Balaban J connectivity index is 2.02. The number of nitrogens with two attached hydrogens (primary N) is 1. The molecule has 0 spiro atoms. The van der Waals surface area contributed by atoms with E-state index in [-0.39, 0.29) is 0 Å². The molecule has 2 nitrogen and oxygen atoms in total. The van der Waals surface area contributed by atoms with E-state index < -0.39 is 0 Å². The molecular weight excluding hydrogens is 282 g/mol. The Morgan fingerprint density at radius 2 is 1.62 bits per heavy atom. The van der Waals surface area contributed by atoms with Crippen LogP contribution in [0.2, 0.25) is 5.02 Å².